The van der Waals surface area contributed by atoms with Gasteiger partial charge in [-0.2, -0.15) is 4.72 Å². The molecule has 14 heteroatoms. The van der Waals surface area contributed by atoms with Gasteiger partial charge in [0, 0.05) is 62.1 Å². The van der Waals surface area contributed by atoms with Crippen LogP contribution in [0.3, 0.4) is 0 Å². The number of likely N-dealkylation sites (tertiary alicyclic amines) is 3. The molecule has 0 bridgehead atoms. The van der Waals surface area contributed by atoms with Crippen molar-refractivity contribution in [2.75, 3.05) is 46.3 Å². The van der Waals surface area contributed by atoms with E-state index in [0.717, 1.165) is 31.2 Å². The summed E-state index contributed by atoms with van der Waals surface area (Å²) in [7, 11) is -2.28. The van der Waals surface area contributed by atoms with Gasteiger partial charge in [-0.15, -0.1) is 11.3 Å². The van der Waals surface area contributed by atoms with Gasteiger partial charge in [-0.1, -0.05) is 11.6 Å². The predicted molar refractivity (Wildman–Crippen MR) is 145 cm³/mol. The number of hydrogen-bond acceptors (Lipinski definition) is 7. The number of carbonyl (C=O) groups is 3. The van der Waals surface area contributed by atoms with E-state index in [0.29, 0.717) is 48.2 Å². The summed E-state index contributed by atoms with van der Waals surface area (Å²) in [6.07, 6.45) is 3.95. The van der Waals surface area contributed by atoms with E-state index in [4.69, 9.17) is 11.6 Å². The van der Waals surface area contributed by atoms with Crippen molar-refractivity contribution in [3.05, 3.63) is 26.8 Å². The lowest BCUT2D eigenvalue weighted by Gasteiger charge is -2.34. The molecule has 2 N–H and O–H groups in total. The second kappa shape index (κ2) is 12.3. The van der Waals surface area contributed by atoms with Crippen molar-refractivity contribution in [3.63, 3.8) is 0 Å². The fourth-order valence-corrected chi connectivity index (χ4v) is 7.44. The molecule has 38 heavy (non-hydrogen) atoms. The van der Waals surface area contributed by atoms with Crippen LogP contribution in [0.5, 0.6) is 0 Å². The van der Waals surface area contributed by atoms with Gasteiger partial charge >= 0.3 is 6.09 Å². The fraction of sp³-hybridized carbons (Fsp3) is 0.625. The molecule has 2 unspecified atom stereocenters. The largest absolute Gasteiger partial charge is 0.465 e. The summed E-state index contributed by atoms with van der Waals surface area (Å²) in [5.74, 6) is -0.534. The van der Waals surface area contributed by atoms with E-state index in [1.54, 1.807) is 19.2 Å². The lowest BCUT2D eigenvalue weighted by Crippen LogP contribution is -2.55. The highest BCUT2D eigenvalue weighted by atomic mass is 35.5. The summed E-state index contributed by atoms with van der Waals surface area (Å²) < 4.78 is 28.1. The van der Waals surface area contributed by atoms with E-state index in [-0.39, 0.29) is 24.5 Å². The first-order valence-corrected chi connectivity index (χ1v) is 15.5. The molecule has 11 nitrogen and oxygen atoms in total. The number of carbonyl (C=O) groups excluding carboxylic acids is 2. The second-order valence-corrected chi connectivity index (χ2v) is 13.4. The van der Waals surface area contributed by atoms with Gasteiger partial charge in [0.15, 0.2) is 0 Å². The lowest BCUT2D eigenvalue weighted by atomic mass is 10.1. The summed E-state index contributed by atoms with van der Waals surface area (Å²) in [5, 5.41) is 10.3. The Kier molecular flexibility index (Phi) is 9.35. The van der Waals surface area contributed by atoms with Crippen LogP contribution in [0.25, 0.3) is 6.08 Å². The molecule has 0 radical (unpaired) electrons. The maximum atomic E-state index is 13.2. The number of hydrogen-bond donors (Lipinski definition) is 2. The van der Waals surface area contributed by atoms with Gasteiger partial charge in [0.25, 0.3) is 0 Å². The van der Waals surface area contributed by atoms with Gasteiger partial charge in [-0.25, -0.2) is 13.2 Å². The maximum absolute atomic E-state index is 13.2. The Labute approximate surface area is 232 Å². The molecule has 4 heterocycles. The van der Waals surface area contributed by atoms with Gasteiger partial charge < -0.3 is 19.8 Å². The first-order valence-electron chi connectivity index (χ1n) is 12.7. The average molecular weight is 588 g/mol. The third kappa shape index (κ3) is 7.26. The van der Waals surface area contributed by atoms with Crippen LogP contribution in [0.1, 0.15) is 37.0 Å². The summed E-state index contributed by atoms with van der Waals surface area (Å²) >= 11 is 7.13. The molecule has 0 aliphatic carbocycles. The molecule has 210 valence electrons. The highest BCUT2D eigenvalue weighted by Crippen LogP contribution is 2.24. The minimum absolute atomic E-state index is 0.0152. The molecule has 0 saturated carbocycles. The first-order chi connectivity index (χ1) is 18.0. The number of sulfonamides is 1. The molecule has 1 aromatic heterocycles. The van der Waals surface area contributed by atoms with Crippen molar-refractivity contribution in [1.82, 2.24) is 24.3 Å². The molecule has 3 aliphatic heterocycles. The molecule has 3 atom stereocenters. The summed E-state index contributed by atoms with van der Waals surface area (Å²) in [5.41, 5.74) is 0. The fourth-order valence-electron chi connectivity index (χ4n) is 5.38. The zero-order chi connectivity index (χ0) is 27.4. The quantitative estimate of drug-likeness (QED) is 0.451. The van der Waals surface area contributed by atoms with E-state index in [9.17, 15) is 27.9 Å². The number of likely N-dealkylation sites (N-methyl/N-ethyl adjacent to an activating group) is 1. The van der Waals surface area contributed by atoms with E-state index in [2.05, 4.69) is 9.62 Å². The van der Waals surface area contributed by atoms with Gasteiger partial charge in [0.2, 0.25) is 21.8 Å². The number of thiophene rings is 1. The van der Waals surface area contributed by atoms with Crippen molar-refractivity contribution in [2.24, 2.45) is 0 Å². The molecule has 3 amide bonds. The molecule has 3 aliphatic rings. The number of amides is 3. The molecule has 0 spiro atoms. The summed E-state index contributed by atoms with van der Waals surface area (Å²) in [6, 6.07) is 2.43. The van der Waals surface area contributed by atoms with Crippen LogP contribution >= 0.6 is 22.9 Å². The van der Waals surface area contributed by atoms with Crippen LogP contribution in [0.2, 0.25) is 4.34 Å². The van der Waals surface area contributed by atoms with Crippen LogP contribution in [0, 0.1) is 0 Å². The van der Waals surface area contributed by atoms with E-state index in [1.165, 1.54) is 27.2 Å². The summed E-state index contributed by atoms with van der Waals surface area (Å²) in [4.78, 5) is 45.1. The SMILES string of the molecule is CN(C(=O)O)C1CCN(CC2CCCN2C(=O)CN2CCC[C@H](NS(=O)(=O)C=Cc3ccc(Cl)s3)C2=O)C1. The molecular formula is C24H34ClN5O6S2. The maximum Gasteiger partial charge on any atom is 0.407 e. The minimum Gasteiger partial charge on any atom is -0.465 e. The number of piperidine rings is 1. The number of carboxylic acid groups (broad SMARTS) is 1. The zero-order valence-corrected chi connectivity index (χ0v) is 23.7. The summed E-state index contributed by atoms with van der Waals surface area (Å²) in [6.45, 7) is 3.03. The Balaban J connectivity index is 1.30. The third-order valence-corrected chi connectivity index (χ3v) is 9.74. The third-order valence-electron chi connectivity index (χ3n) is 7.43. The van der Waals surface area contributed by atoms with E-state index < -0.39 is 28.1 Å². The van der Waals surface area contributed by atoms with Crippen LogP contribution < -0.4 is 4.72 Å². The Morgan fingerprint density at radius 1 is 1.21 bits per heavy atom. The molecule has 3 saturated heterocycles. The second-order valence-electron chi connectivity index (χ2n) is 10.0. The van der Waals surface area contributed by atoms with Crippen molar-refractivity contribution < 1.29 is 27.9 Å². The van der Waals surface area contributed by atoms with Crippen molar-refractivity contribution >= 4 is 56.9 Å². The highest BCUT2D eigenvalue weighted by Gasteiger charge is 2.37. The monoisotopic (exact) mass is 587 g/mol. The minimum atomic E-state index is -3.86. The molecule has 1 aromatic rings. The molecule has 3 fully saturated rings. The van der Waals surface area contributed by atoms with Crippen molar-refractivity contribution in [1.29, 1.82) is 0 Å². The van der Waals surface area contributed by atoms with Crippen LogP contribution in [0.15, 0.2) is 17.5 Å². The number of nitrogens with zero attached hydrogens (tertiary/aromatic N) is 4. The van der Waals surface area contributed by atoms with Crippen molar-refractivity contribution in [2.45, 2.75) is 50.2 Å². The van der Waals surface area contributed by atoms with Gasteiger partial charge in [-0.3, -0.25) is 14.5 Å². The van der Waals surface area contributed by atoms with Crippen LogP contribution in [-0.4, -0.2) is 115 Å². The van der Waals surface area contributed by atoms with Gasteiger partial charge in [0.05, 0.1) is 10.9 Å². The lowest BCUT2D eigenvalue weighted by molar-refractivity contribution is -0.143. The normalized spacial score (nSPS) is 25.0. The Morgan fingerprint density at radius 2 is 1.97 bits per heavy atom. The first kappa shape index (κ1) is 28.8. The number of nitrogens with one attached hydrogen (secondary N) is 1. The molecule has 4 rings (SSSR count). The van der Waals surface area contributed by atoms with Gasteiger partial charge in [-0.05, 0) is 50.3 Å². The number of rotatable bonds is 9. The smallest absolute Gasteiger partial charge is 0.407 e. The predicted octanol–water partition coefficient (Wildman–Crippen LogP) is 1.96. The molecular weight excluding hydrogens is 554 g/mol. The van der Waals surface area contributed by atoms with Crippen LogP contribution in [-0.2, 0) is 19.6 Å². The van der Waals surface area contributed by atoms with Crippen LogP contribution in [0.4, 0.5) is 4.79 Å². The average Bonchev–Trinajstić information content (AvgIpc) is 3.61. The zero-order valence-electron chi connectivity index (χ0n) is 21.3. The topological polar surface area (TPSA) is 131 Å². The standard InChI is InChI=1S/C24H34ClN5O6S2/c1-27(24(33)34)17-8-12-28(14-17)15-18-4-2-11-30(18)22(31)16-29-10-3-5-20(23(29)32)26-38(35,36)13-9-19-6-7-21(25)37-19/h6-7,9,13,17-18,20,26H,2-5,8,10-12,14-16H2,1H3,(H,33,34)/t17?,18?,20-/m0/s1. The van der Waals surface area contributed by atoms with E-state index >= 15 is 0 Å². The Bertz CT molecular complexity index is 1170. The van der Waals surface area contributed by atoms with E-state index in [1.807, 2.05) is 4.90 Å². The highest BCUT2D eigenvalue weighted by molar-refractivity contribution is 7.92. The molecule has 0 aromatic carbocycles. The Morgan fingerprint density at radius 3 is 2.68 bits per heavy atom. The van der Waals surface area contributed by atoms with Gasteiger partial charge in [0.1, 0.15) is 6.04 Å². The Hall–Kier alpha value is -2.19. The van der Waals surface area contributed by atoms with Crippen molar-refractivity contribution in [3.8, 4) is 0 Å². The number of halogens is 1.